The third-order valence-corrected chi connectivity index (χ3v) is 2.96. The van der Waals surface area contributed by atoms with Gasteiger partial charge in [0.2, 0.25) is 11.8 Å². The van der Waals surface area contributed by atoms with Crippen molar-refractivity contribution >= 4 is 17.5 Å². The summed E-state index contributed by atoms with van der Waals surface area (Å²) < 4.78 is 39.5. The van der Waals surface area contributed by atoms with E-state index in [2.05, 4.69) is 10.6 Å². The second-order valence-corrected chi connectivity index (χ2v) is 4.72. The largest absolute Gasteiger partial charge is 0.351 e. The van der Waals surface area contributed by atoms with Gasteiger partial charge in [-0.2, -0.15) is 0 Å². The number of benzene rings is 2. The number of carbonyl (C=O) groups excluding carboxylic acids is 2. The van der Waals surface area contributed by atoms with Crippen LogP contribution in [0.25, 0.3) is 0 Å². The van der Waals surface area contributed by atoms with Crippen LogP contribution in [0.1, 0.15) is 12.0 Å². The van der Waals surface area contributed by atoms with Gasteiger partial charge in [-0.15, -0.1) is 0 Å². The van der Waals surface area contributed by atoms with Crippen molar-refractivity contribution < 1.29 is 22.8 Å². The molecule has 120 valence electrons. The summed E-state index contributed by atoms with van der Waals surface area (Å²) >= 11 is 0. The van der Waals surface area contributed by atoms with E-state index in [0.29, 0.717) is 6.07 Å². The fourth-order valence-electron chi connectivity index (χ4n) is 1.83. The lowest BCUT2D eigenvalue weighted by atomic mass is 10.2. The lowest BCUT2D eigenvalue weighted by molar-refractivity contribution is -0.126. The summed E-state index contributed by atoms with van der Waals surface area (Å²) in [5, 5.41) is 4.55. The fourth-order valence-corrected chi connectivity index (χ4v) is 1.83. The first kappa shape index (κ1) is 16.5. The quantitative estimate of drug-likeness (QED) is 0.832. The van der Waals surface area contributed by atoms with E-state index in [1.807, 2.05) is 0 Å². The van der Waals surface area contributed by atoms with Crippen LogP contribution in [0.5, 0.6) is 0 Å². The van der Waals surface area contributed by atoms with Crippen molar-refractivity contribution in [3.05, 3.63) is 65.5 Å². The normalized spacial score (nSPS) is 10.2. The zero-order valence-electron chi connectivity index (χ0n) is 11.9. The van der Waals surface area contributed by atoms with E-state index in [9.17, 15) is 22.8 Å². The molecule has 2 rings (SSSR count). The van der Waals surface area contributed by atoms with Crippen LogP contribution in [0, 0.1) is 17.5 Å². The molecular weight excluding hydrogens is 309 g/mol. The zero-order chi connectivity index (χ0) is 16.8. The molecule has 0 radical (unpaired) electrons. The number of amides is 2. The first-order valence-corrected chi connectivity index (χ1v) is 6.70. The highest BCUT2D eigenvalue weighted by molar-refractivity contribution is 6.03. The van der Waals surface area contributed by atoms with E-state index in [-0.39, 0.29) is 17.8 Å². The number of halogens is 3. The number of carbonyl (C=O) groups is 2. The van der Waals surface area contributed by atoms with Gasteiger partial charge >= 0.3 is 0 Å². The van der Waals surface area contributed by atoms with Gasteiger partial charge in [-0.25, -0.2) is 13.2 Å². The summed E-state index contributed by atoms with van der Waals surface area (Å²) in [6.45, 7) is -0.0658. The first-order valence-electron chi connectivity index (χ1n) is 6.70. The van der Waals surface area contributed by atoms with Crippen molar-refractivity contribution in [1.82, 2.24) is 5.32 Å². The molecule has 0 heterocycles. The van der Waals surface area contributed by atoms with Gasteiger partial charge in [-0.05, 0) is 18.2 Å². The van der Waals surface area contributed by atoms with E-state index in [1.165, 1.54) is 18.2 Å². The zero-order valence-corrected chi connectivity index (χ0v) is 11.9. The molecule has 0 aromatic heterocycles. The molecule has 0 saturated heterocycles. The third kappa shape index (κ3) is 4.84. The predicted octanol–water partition coefficient (Wildman–Crippen LogP) is 2.75. The number of hydrogen-bond donors (Lipinski definition) is 2. The fraction of sp³-hybridized carbons (Fsp3) is 0.125. The monoisotopic (exact) mass is 322 g/mol. The molecule has 23 heavy (non-hydrogen) atoms. The molecule has 2 N–H and O–H groups in total. The number of hydrogen-bond acceptors (Lipinski definition) is 2. The van der Waals surface area contributed by atoms with Crippen LogP contribution in [0.2, 0.25) is 0 Å². The van der Waals surface area contributed by atoms with Gasteiger partial charge in [0.1, 0.15) is 23.9 Å². The Balaban J connectivity index is 1.85. The Bertz CT molecular complexity index is 735. The Labute approximate surface area is 130 Å². The average molecular weight is 322 g/mol. The minimum atomic E-state index is -0.940. The number of anilines is 1. The highest BCUT2D eigenvalue weighted by Gasteiger charge is 2.12. The average Bonchev–Trinajstić information content (AvgIpc) is 2.49. The lowest BCUT2D eigenvalue weighted by Gasteiger charge is -2.08. The van der Waals surface area contributed by atoms with Gasteiger partial charge in [0, 0.05) is 18.2 Å². The molecule has 0 spiro atoms. The number of rotatable bonds is 5. The second kappa shape index (κ2) is 7.44. The van der Waals surface area contributed by atoms with Gasteiger partial charge in [-0.1, -0.05) is 18.2 Å². The SMILES string of the molecule is O=C(CC(=O)Nc1ccc(F)cc1F)NCc1ccccc1F. The molecule has 0 aliphatic rings. The smallest absolute Gasteiger partial charge is 0.233 e. The molecule has 0 fully saturated rings. The summed E-state index contributed by atoms with van der Waals surface area (Å²) in [6, 6.07) is 8.56. The lowest BCUT2D eigenvalue weighted by Crippen LogP contribution is -2.28. The maximum Gasteiger partial charge on any atom is 0.233 e. The van der Waals surface area contributed by atoms with Gasteiger partial charge in [-0.3, -0.25) is 9.59 Å². The second-order valence-electron chi connectivity index (χ2n) is 4.72. The van der Waals surface area contributed by atoms with E-state index >= 15 is 0 Å². The van der Waals surface area contributed by atoms with Crippen molar-refractivity contribution in [2.75, 3.05) is 5.32 Å². The van der Waals surface area contributed by atoms with Crippen molar-refractivity contribution in [3.63, 3.8) is 0 Å². The molecule has 0 bridgehead atoms. The van der Waals surface area contributed by atoms with Crippen molar-refractivity contribution in [1.29, 1.82) is 0 Å². The van der Waals surface area contributed by atoms with Crippen LogP contribution in [0.3, 0.4) is 0 Å². The molecule has 4 nitrogen and oxygen atoms in total. The van der Waals surface area contributed by atoms with Gasteiger partial charge in [0.25, 0.3) is 0 Å². The summed E-state index contributed by atoms with van der Waals surface area (Å²) in [5.74, 6) is -3.59. The minimum absolute atomic E-state index is 0.0658. The van der Waals surface area contributed by atoms with Gasteiger partial charge in [0.15, 0.2) is 0 Å². The van der Waals surface area contributed by atoms with Crippen LogP contribution < -0.4 is 10.6 Å². The minimum Gasteiger partial charge on any atom is -0.351 e. The Morgan fingerprint density at radius 3 is 2.35 bits per heavy atom. The Kier molecular flexibility index (Phi) is 5.35. The summed E-state index contributed by atoms with van der Waals surface area (Å²) in [5.41, 5.74) is 0.0594. The molecule has 0 atom stereocenters. The Morgan fingerprint density at radius 1 is 0.913 bits per heavy atom. The summed E-state index contributed by atoms with van der Waals surface area (Å²) in [7, 11) is 0. The van der Waals surface area contributed by atoms with Crippen LogP contribution in [-0.2, 0) is 16.1 Å². The maximum atomic E-state index is 13.4. The topological polar surface area (TPSA) is 58.2 Å². The predicted molar refractivity (Wildman–Crippen MR) is 77.9 cm³/mol. The third-order valence-electron chi connectivity index (χ3n) is 2.96. The molecule has 2 aromatic rings. The van der Waals surface area contributed by atoms with E-state index in [4.69, 9.17) is 0 Å². The van der Waals surface area contributed by atoms with E-state index < -0.39 is 35.7 Å². The molecule has 2 aromatic carbocycles. The molecule has 0 unspecified atom stereocenters. The molecule has 0 aliphatic heterocycles. The van der Waals surface area contributed by atoms with Crippen molar-refractivity contribution in [2.45, 2.75) is 13.0 Å². The highest BCUT2D eigenvalue weighted by atomic mass is 19.1. The molecule has 2 amide bonds. The van der Waals surface area contributed by atoms with Crippen LogP contribution >= 0.6 is 0 Å². The van der Waals surface area contributed by atoms with E-state index in [1.54, 1.807) is 6.07 Å². The summed E-state index contributed by atoms with van der Waals surface area (Å²) in [4.78, 5) is 23.3. The summed E-state index contributed by atoms with van der Waals surface area (Å²) in [6.07, 6.45) is -0.564. The van der Waals surface area contributed by atoms with Crippen molar-refractivity contribution in [2.24, 2.45) is 0 Å². The van der Waals surface area contributed by atoms with Gasteiger partial charge < -0.3 is 10.6 Å². The molecule has 0 aliphatic carbocycles. The maximum absolute atomic E-state index is 13.4. The Morgan fingerprint density at radius 2 is 1.65 bits per heavy atom. The molecule has 0 saturated carbocycles. The van der Waals surface area contributed by atoms with E-state index in [0.717, 1.165) is 12.1 Å². The van der Waals surface area contributed by atoms with Crippen molar-refractivity contribution in [3.8, 4) is 0 Å². The van der Waals surface area contributed by atoms with Crippen LogP contribution in [0.4, 0.5) is 18.9 Å². The van der Waals surface area contributed by atoms with Gasteiger partial charge in [0.05, 0.1) is 5.69 Å². The molecule has 7 heteroatoms. The molecular formula is C16H13F3N2O2. The Hall–Kier alpha value is -2.83. The first-order chi connectivity index (χ1) is 11.0. The number of nitrogens with one attached hydrogen (secondary N) is 2. The standard InChI is InChI=1S/C16H13F3N2O2/c17-11-5-6-14(13(19)7-11)21-16(23)8-15(22)20-9-10-3-1-2-4-12(10)18/h1-7H,8-9H2,(H,20,22)(H,21,23). The van der Waals surface area contributed by atoms with Crippen LogP contribution in [-0.4, -0.2) is 11.8 Å². The van der Waals surface area contributed by atoms with Crippen LogP contribution in [0.15, 0.2) is 42.5 Å². The highest BCUT2D eigenvalue weighted by Crippen LogP contribution is 2.15.